The molecule has 1 saturated heterocycles. The van der Waals surface area contributed by atoms with Crippen molar-refractivity contribution in [1.29, 1.82) is 0 Å². The van der Waals surface area contributed by atoms with E-state index in [0.29, 0.717) is 19.4 Å². The summed E-state index contributed by atoms with van der Waals surface area (Å²) < 4.78 is 16.6. The maximum atomic E-state index is 13.0. The molecule has 1 rings (SSSR count). The van der Waals surface area contributed by atoms with E-state index in [4.69, 9.17) is 14.2 Å². The first-order chi connectivity index (χ1) is 30.7. The van der Waals surface area contributed by atoms with Gasteiger partial charge in [0.05, 0.1) is 32.0 Å². The average molecular weight is 896 g/mol. The summed E-state index contributed by atoms with van der Waals surface area (Å²) in [5, 5.41) is 54.1. The zero-order chi connectivity index (χ0) is 46.0. The Morgan fingerprint density at radius 1 is 0.571 bits per heavy atom. The number of hydrogen-bond acceptors (Lipinski definition) is 10. The van der Waals surface area contributed by atoms with Crippen molar-refractivity contribution in [2.75, 3.05) is 19.8 Å². The first kappa shape index (κ1) is 59.2. The molecule has 0 radical (unpaired) electrons. The minimum Gasteiger partial charge on any atom is -0.466 e. The molecule has 0 aliphatic carbocycles. The van der Waals surface area contributed by atoms with Crippen LogP contribution in [0.1, 0.15) is 232 Å². The number of amides is 1. The van der Waals surface area contributed by atoms with Crippen molar-refractivity contribution in [1.82, 2.24) is 5.32 Å². The number of rotatable bonds is 44. The van der Waals surface area contributed by atoms with Gasteiger partial charge in [-0.1, -0.05) is 199 Å². The van der Waals surface area contributed by atoms with Crippen LogP contribution in [0.3, 0.4) is 0 Å². The van der Waals surface area contributed by atoms with Gasteiger partial charge in [-0.2, -0.15) is 0 Å². The first-order valence-corrected chi connectivity index (χ1v) is 26.1. The van der Waals surface area contributed by atoms with Gasteiger partial charge in [0, 0.05) is 12.8 Å². The lowest BCUT2D eigenvalue weighted by atomic mass is 9.99. The number of unbranched alkanes of at least 4 members (excludes halogenated alkanes) is 28. The summed E-state index contributed by atoms with van der Waals surface area (Å²) in [5.41, 5.74) is 0. The zero-order valence-corrected chi connectivity index (χ0v) is 40.3. The summed E-state index contributed by atoms with van der Waals surface area (Å²) in [6.07, 6.45) is 38.2. The van der Waals surface area contributed by atoms with Gasteiger partial charge in [0.15, 0.2) is 6.29 Å². The van der Waals surface area contributed by atoms with Crippen molar-refractivity contribution in [2.45, 2.75) is 275 Å². The normalized spacial score (nSPS) is 20.1. The van der Waals surface area contributed by atoms with Crippen molar-refractivity contribution >= 4 is 11.9 Å². The summed E-state index contributed by atoms with van der Waals surface area (Å²) in [6, 6.07) is -0.835. The molecule has 11 nitrogen and oxygen atoms in total. The van der Waals surface area contributed by atoms with E-state index in [1.807, 2.05) is 6.08 Å². The third kappa shape index (κ3) is 33.3. The fourth-order valence-corrected chi connectivity index (χ4v) is 8.10. The molecule has 0 aromatic carbocycles. The van der Waals surface area contributed by atoms with Crippen LogP contribution in [0.2, 0.25) is 0 Å². The van der Waals surface area contributed by atoms with E-state index >= 15 is 0 Å². The van der Waals surface area contributed by atoms with Crippen molar-refractivity contribution in [3.05, 3.63) is 24.3 Å². The second-order valence-corrected chi connectivity index (χ2v) is 18.2. The van der Waals surface area contributed by atoms with E-state index < -0.39 is 49.5 Å². The second kappa shape index (κ2) is 42.8. The van der Waals surface area contributed by atoms with Gasteiger partial charge >= 0.3 is 5.97 Å². The van der Waals surface area contributed by atoms with Crippen molar-refractivity contribution < 1.29 is 49.3 Å². The Morgan fingerprint density at radius 2 is 1.03 bits per heavy atom. The van der Waals surface area contributed by atoms with E-state index in [0.717, 1.165) is 70.6 Å². The van der Waals surface area contributed by atoms with Gasteiger partial charge in [0.2, 0.25) is 5.91 Å². The Bertz CT molecular complexity index is 1100. The minimum absolute atomic E-state index is 0.0294. The lowest BCUT2D eigenvalue weighted by Crippen LogP contribution is -2.60. The highest BCUT2D eigenvalue weighted by Gasteiger charge is 2.44. The number of carbonyl (C=O) groups excluding carboxylic acids is 2. The minimum atomic E-state index is -1.58. The summed E-state index contributed by atoms with van der Waals surface area (Å²) in [6.45, 7) is 4.24. The smallest absolute Gasteiger partial charge is 0.305 e. The average Bonchev–Trinajstić information content (AvgIpc) is 3.28. The second-order valence-electron chi connectivity index (χ2n) is 18.2. The Balaban J connectivity index is 2.17. The fourth-order valence-electron chi connectivity index (χ4n) is 8.10. The number of nitrogens with one attached hydrogen (secondary N) is 1. The van der Waals surface area contributed by atoms with Crippen molar-refractivity contribution in [3.8, 4) is 0 Å². The van der Waals surface area contributed by atoms with E-state index in [9.17, 15) is 35.1 Å². The van der Waals surface area contributed by atoms with Crippen molar-refractivity contribution in [3.63, 3.8) is 0 Å². The lowest BCUT2D eigenvalue weighted by Gasteiger charge is -2.40. The highest BCUT2D eigenvalue weighted by molar-refractivity contribution is 5.76. The summed E-state index contributed by atoms with van der Waals surface area (Å²) >= 11 is 0. The van der Waals surface area contributed by atoms with Gasteiger partial charge in [-0.3, -0.25) is 9.59 Å². The third-order valence-corrected chi connectivity index (χ3v) is 12.3. The third-order valence-electron chi connectivity index (χ3n) is 12.3. The van der Waals surface area contributed by atoms with Gasteiger partial charge in [0.25, 0.3) is 0 Å². The van der Waals surface area contributed by atoms with Crippen LogP contribution in [0.15, 0.2) is 24.3 Å². The van der Waals surface area contributed by atoms with Crippen LogP contribution in [-0.2, 0) is 23.8 Å². The quantitative estimate of drug-likeness (QED) is 0.0196. The maximum absolute atomic E-state index is 13.0. The van der Waals surface area contributed by atoms with Crippen LogP contribution in [0.25, 0.3) is 0 Å². The van der Waals surface area contributed by atoms with Gasteiger partial charge in [0.1, 0.15) is 24.4 Å². The molecule has 7 unspecified atom stereocenters. The standard InChI is InChI=1S/C52H97NO10/c1-3-5-7-9-11-13-18-22-26-30-34-38-45(55)44(43-62-52-51(60)50(59)49(58)46(42-54)63-52)53-47(56)39-35-31-27-23-20-16-15-17-21-25-29-33-37-41-61-48(57)40-36-32-28-24-19-14-12-10-8-6-4-2/h18,22,34,38,44-46,49-52,54-55,58-60H,3-17,19-21,23-33,35-37,39-43H2,1-2H3,(H,53,56)/b22-18+,38-34+. The number of esters is 1. The number of ether oxygens (including phenoxy) is 3. The highest BCUT2D eigenvalue weighted by atomic mass is 16.7. The van der Waals surface area contributed by atoms with Gasteiger partial charge in [-0.15, -0.1) is 0 Å². The molecule has 1 aliphatic rings. The monoisotopic (exact) mass is 896 g/mol. The van der Waals surface area contributed by atoms with Gasteiger partial charge in [-0.25, -0.2) is 0 Å². The molecule has 63 heavy (non-hydrogen) atoms. The van der Waals surface area contributed by atoms with E-state index in [1.165, 1.54) is 135 Å². The summed E-state index contributed by atoms with van der Waals surface area (Å²) in [4.78, 5) is 25.0. The Kier molecular flexibility index (Phi) is 40.1. The highest BCUT2D eigenvalue weighted by Crippen LogP contribution is 2.23. The number of aliphatic hydroxyl groups excluding tert-OH is 5. The van der Waals surface area contributed by atoms with Gasteiger partial charge in [-0.05, 0) is 44.9 Å². The predicted octanol–water partition coefficient (Wildman–Crippen LogP) is 10.6. The molecule has 0 aromatic heterocycles. The molecule has 1 aliphatic heterocycles. The van der Waals surface area contributed by atoms with Gasteiger partial charge < -0.3 is 45.1 Å². The lowest BCUT2D eigenvalue weighted by molar-refractivity contribution is -0.302. The van der Waals surface area contributed by atoms with Crippen LogP contribution in [0, 0.1) is 0 Å². The summed E-state index contributed by atoms with van der Waals surface area (Å²) in [5.74, 6) is -0.235. The summed E-state index contributed by atoms with van der Waals surface area (Å²) in [7, 11) is 0. The van der Waals surface area contributed by atoms with Crippen LogP contribution < -0.4 is 5.32 Å². The van der Waals surface area contributed by atoms with Crippen LogP contribution in [0.4, 0.5) is 0 Å². The fraction of sp³-hybridized carbons (Fsp3) is 0.885. The molecular weight excluding hydrogens is 799 g/mol. The zero-order valence-electron chi connectivity index (χ0n) is 40.3. The molecule has 11 heteroatoms. The van der Waals surface area contributed by atoms with E-state index in [-0.39, 0.29) is 18.5 Å². The maximum Gasteiger partial charge on any atom is 0.305 e. The molecule has 7 atom stereocenters. The molecule has 0 aromatic rings. The molecule has 0 saturated carbocycles. The largest absolute Gasteiger partial charge is 0.466 e. The van der Waals surface area contributed by atoms with E-state index in [1.54, 1.807) is 6.08 Å². The van der Waals surface area contributed by atoms with Crippen molar-refractivity contribution in [2.24, 2.45) is 0 Å². The van der Waals surface area contributed by atoms with Crippen LogP contribution >= 0.6 is 0 Å². The number of aliphatic hydroxyl groups is 5. The number of carbonyl (C=O) groups is 2. The number of allylic oxidation sites excluding steroid dienone is 3. The first-order valence-electron chi connectivity index (χ1n) is 26.1. The topological polar surface area (TPSA) is 175 Å². The van der Waals surface area contributed by atoms with Crippen LogP contribution in [0.5, 0.6) is 0 Å². The molecule has 1 amide bonds. The molecular formula is C52H97NO10. The molecule has 0 bridgehead atoms. The Hall–Kier alpha value is -1.86. The number of hydrogen-bond donors (Lipinski definition) is 6. The molecule has 370 valence electrons. The van der Waals surface area contributed by atoms with Crippen LogP contribution in [-0.4, -0.2) is 100 Å². The molecule has 1 heterocycles. The Morgan fingerprint density at radius 3 is 1.57 bits per heavy atom. The molecule has 0 spiro atoms. The Labute approximate surface area is 384 Å². The molecule has 6 N–H and O–H groups in total. The van der Waals surface area contributed by atoms with E-state index in [2.05, 4.69) is 31.3 Å². The SMILES string of the molecule is CCCCCCC/C=C/CC/C=C/C(O)C(COC1OC(CO)C(O)C(O)C1O)NC(=O)CCCCCCCCCCCCCCCOC(=O)CCCCCCCCCCCCC. The predicted molar refractivity (Wildman–Crippen MR) is 255 cm³/mol. The molecule has 1 fully saturated rings.